The fraction of sp³-hybridized carbons (Fsp3) is 0.421. The molecule has 6 nitrogen and oxygen atoms in total. The highest BCUT2D eigenvalue weighted by Crippen LogP contribution is 2.31. The average molecular weight is 368 g/mol. The Bertz CT molecular complexity index is 971. The number of para-hydroxylation sites is 1. The minimum absolute atomic E-state index is 0.0600. The number of piperidine rings is 3. The Kier molecular flexibility index (Phi) is 3.79. The number of benzene rings is 1. The van der Waals surface area contributed by atoms with Crippen LogP contribution in [0.1, 0.15) is 28.9 Å². The minimum Gasteiger partial charge on any atom is -0.435 e. The van der Waals surface area contributed by atoms with Crippen molar-refractivity contribution in [2.24, 2.45) is 5.92 Å². The van der Waals surface area contributed by atoms with Gasteiger partial charge in [0.05, 0.1) is 16.8 Å². The number of carbonyl (C=O) groups is 1. The van der Waals surface area contributed by atoms with Crippen LogP contribution in [-0.4, -0.2) is 46.5 Å². The molecule has 134 valence electrons. The molecule has 3 aliphatic heterocycles. The molecular weight excluding hydrogens is 348 g/mol. The number of nitrogens with zero attached hydrogens (tertiary/aromatic N) is 3. The van der Waals surface area contributed by atoms with E-state index in [9.17, 15) is 4.79 Å². The van der Waals surface area contributed by atoms with Crippen molar-refractivity contribution in [3.63, 3.8) is 0 Å². The zero-order chi connectivity index (χ0) is 17.7. The molecule has 7 heteroatoms. The molecule has 0 aliphatic carbocycles. The lowest BCUT2D eigenvalue weighted by Crippen LogP contribution is -2.57. The summed E-state index contributed by atoms with van der Waals surface area (Å²) >= 11 is 1.50. The average Bonchev–Trinajstić information content (AvgIpc) is 3.27. The number of oxazole rings is 1. The summed E-state index contributed by atoms with van der Waals surface area (Å²) in [6.45, 7) is 5.21. The minimum atomic E-state index is -0.0600. The van der Waals surface area contributed by atoms with Gasteiger partial charge in [-0.15, -0.1) is 11.3 Å². The Morgan fingerprint density at radius 3 is 2.88 bits per heavy atom. The van der Waals surface area contributed by atoms with E-state index in [-0.39, 0.29) is 11.9 Å². The second kappa shape index (κ2) is 6.17. The Morgan fingerprint density at radius 1 is 1.35 bits per heavy atom. The van der Waals surface area contributed by atoms with E-state index in [1.54, 1.807) is 5.51 Å². The Hall–Kier alpha value is -2.25. The van der Waals surface area contributed by atoms with Crippen molar-refractivity contribution in [2.45, 2.75) is 25.8 Å². The van der Waals surface area contributed by atoms with Gasteiger partial charge in [-0.3, -0.25) is 4.79 Å². The van der Waals surface area contributed by atoms with Crippen LogP contribution in [0.2, 0.25) is 0 Å². The first-order valence-electron chi connectivity index (χ1n) is 9.02. The molecule has 26 heavy (non-hydrogen) atoms. The molecule has 0 spiro atoms. The van der Waals surface area contributed by atoms with Crippen LogP contribution < -0.4 is 5.32 Å². The van der Waals surface area contributed by atoms with Gasteiger partial charge in [-0.05, 0) is 50.9 Å². The summed E-state index contributed by atoms with van der Waals surface area (Å²) in [6.07, 6.45) is 2.35. The number of aromatic nitrogens is 2. The van der Waals surface area contributed by atoms with Crippen LogP contribution >= 0.6 is 11.3 Å². The number of fused-ring (bicyclic) bond motifs is 4. The van der Waals surface area contributed by atoms with Gasteiger partial charge < -0.3 is 14.6 Å². The van der Waals surface area contributed by atoms with Crippen molar-refractivity contribution in [3.05, 3.63) is 35.0 Å². The molecule has 2 bridgehead atoms. The van der Waals surface area contributed by atoms with Crippen LogP contribution in [0.25, 0.3) is 21.9 Å². The molecule has 1 N–H and O–H groups in total. The molecule has 5 heterocycles. The third kappa shape index (κ3) is 2.62. The normalized spacial score (nSPS) is 24.9. The van der Waals surface area contributed by atoms with Crippen LogP contribution in [0.4, 0.5) is 0 Å². The van der Waals surface area contributed by atoms with Gasteiger partial charge in [0.2, 0.25) is 5.89 Å². The molecule has 3 saturated heterocycles. The van der Waals surface area contributed by atoms with Crippen LogP contribution in [-0.2, 0) is 0 Å². The molecule has 2 aromatic heterocycles. The quantitative estimate of drug-likeness (QED) is 0.769. The lowest BCUT2D eigenvalue weighted by Gasteiger charge is -2.44. The molecule has 3 aromatic rings. The van der Waals surface area contributed by atoms with E-state index < -0.39 is 0 Å². The van der Waals surface area contributed by atoms with E-state index >= 15 is 0 Å². The maximum Gasteiger partial charge on any atom is 0.253 e. The van der Waals surface area contributed by atoms with E-state index in [1.165, 1.54) is 24.2 Å². The Labute approximate surface area is 155 Å². The van der Waals surface area contributed by atoms with Gasteiger partial charge >= 0.3 is 0 Å². The van der Waals surface area contributed by atoms with E-state index in [0.29, 0.717) is 28.5 Å². The molecule has 0 saturated carbocycles. The van der Waals surface area contributed by atoms with E-state index in [1.807, 2.05) is 25.1 Å². The van der Waals surface area contributed by atoms with Crippen LogP contribution in [0.15, 0.2) is 28.1 Å². The zero-order valence-corrected chi connectivity index (χ0v) is 15.4. The van der Waals surface area contributed by atoms with Crippen LogP contribution in [0, 0.1) is 12.8 Å². The molecular formula is C19H20N4O2S. The summed E-state index contributed by atoms with van der Waals surface area (Å²) < 4.78 is 5.89. The predicted octanol–water partition coefficient (Wildman–Crippen LogP) is 3.08. The second-order valence-electron chi connectivity index (χ2n) is 7.16. The van der Waals surface area contributed by atoms with E-state index in [4.69, 9.17) is 4.42 Å². The first-order chi connectivity index (χ1) is 12.7. The SMILES string of the molecule is Cc1ncsc1-c1nc2c(C(=O)NC3CN4CCC3CC4)cccc2o1. The fourth-order valence-corrected chi connectivity index (χ4v) is 4.84. The van der Waals surface area contributed by atoms with Crippen molar-refractivity contribution in [1.29, 1.82) is 0 Å². The number of hydrogen-bond donors (Lipinski definition) is 1. The number of amides is 1. The standard InChI is InChI=1S/C19H20N4O2S/c1-11-17(26-10-20-11)19-22-16-13(3-2-4-15(16)25-19)18(24)21-14-9-23-7-5-12(14)6-8-23/h2-4,10,12,14H,5-9H2,1H3,(H,21,24). The molecule has 1 unspecified atom stereocenters. The van der Waals surface area contributed by atoms with Gasteiger partial charge in [-0.25, -0.2) is 9.97 Å². The molecule has 3 aliphatic rings. The highest BCUT2D eigenvalue weighted by molar-refractivity contribution is 7.13. The summed E-state index contributed by atoms with van der Waals surface area (Å²) in [5.74, 6) is 1.06. The highest BCUT2D eigenvalue weighted by atomic mass is 32.1. The number of hydrogen-bond acceptors (Lipinski definition) is 6. The maximum absolute atomic E-state index is 12.9. The second-order valence-corrected chi connectivity index (χ2v) is 8.01. The highest BCUT2D eigenvalue weighted by Gasteiger charge is 2.35. The Balaban J connectivity index is 1.46. The summed E-state index contributed by atoms with van der Waals surface area (Å²) in [6, 6.07) is 5.76. The number of carbonyl (C=O) groups excluding carboxylic acids is 1. The lowest BCUT2D eigenvalue weighted by atomic mass is 9.84. The number of thiazole rings is 1. The van der Waals surface area contributed by atoms with Gasteiger partial charge in [-0.1, -0.05) is 6.07 Å². The molecule has 0 radical (unpaired) electrons. The third-order valence-electron chi connectivity index (χ3n) is 5.58. The molecule has 1 aromatic carbocycles. The summed E-state index contributed by atoms with van der Waals surface area (Å²) in [7, 11) is 0. The first kappa shape index (κ1) is 16.0. The van der Waals surface area contributed by atoms with Crippen molar-refractivity contribution in [2.75, 3.05) is 19.6 Å². The third-order valence-corrected chi connectivity index (χ3v) is 6.49. The molecule has 6 rings (SSSR count). The van der Waals surface area contributed by atoms with Crippen molar-refractivity contribution in [3.8, 4) is 10.8 Å². The largest absolute Gasteiger partial charge is 0.435 e. The van der Waals surface area contributed by atoms with E-state index in [2.05, 4.69) is 20.2 Å². The fourth-order valence-electron chi connectivity index (χ4n) is 4.11. The van der Waals surface area contributed by atoms with E-state index in [0.717, 1.165) is 30.2 Å². The lowest BCUT2D eigenvalue weighted by molar-refractivity contribution is 0.0621. The van der Waals surface area contributed by atoms with Gasteiger partial charge in [0, 0.05) is 12.6 Å². The predicted molar refractivity (Wildman–Crippen MR) is 100 cm³/mol. The van der Waals surface area contributed by atoms with Crippen molar-refractivity contribution >= 4 is 28.3 Å². The molecule has 3 fully saturated rings. The van der Waals surface area contributed by atoms with Gasteiger partial charge in [0.15, 0.2) is 5.58 Å². The topological polar surface area (TPSA) is 71.3 Å². The molecule has 1 atom stereocenters. The Morgan fingerprint density at radius 2 is 2.19 bits per heavy atom. The van der Waals surface area contributed by atoms with Crippen LogP contribution in [0.5, 0.6) is 0 Å². The number of nitrogens with one attached hydrogen (secondary N) is 1. The van der Waals surface area contributed by atoms with Crippen molar-refractivity contribution < 1.29 is 9.21 Å². The monoisotopic (exact) mass is 368 g/mol. The summed E-state index contributed by atoms with van der Waals surface area (Å²) in [4.78, 5) is 25.2. The zero-order valence-electron chi connectivity index (χ0n) is 14.6. The summed E-state index contributed by atoms with van der Waals surface area (Å²) in [5, 5.41) is 3.24. The van der Waals surface area contributed by atoms with Gasteiger partial charge in [-0.2, -0.15) is 0 Å². The van der Waals surface area contributed by atoms with Gasteiger partial charge in [0.1, 0.15) is 10.4 Å². The summed E-state index contributed by atoms with van der Waals surface area (Å²) in [5.41, 5.74) is 4.50. The van der Waals surface area contributed by atoms with Crippen molar-refractivity contribution in [1.82, 2.24) is 20.2 Å². The smallest absolute Gasteiger partial charge is 0.253 e. The maximum atomic E-state index is 12.9. The van der Waals surface area contributed by atoms with Gasteiger partial charge in [0.25, 0.3) is 5.91 Å². The number of aryl methyl sites for hydroxylation is 1. The number of rotatable bonds is 3. The molecule has 1 amide bonds. The van der Waals surface area contributed by atoms with Crippen LogP contribution in [0.3, 0.4) is 0 Å². The first-order valence-corrected chi connectivity index (χ1v) is 9.90.